The zero-order valence-corrected chi connectivity index (χ0v) is 15.7. The molecule has 0 spiro atoms. The summed E-state index contributed by atoms with van der Waals surface area (Å²) in [6.45, 7) is 5.63. The molecule has 0 aliphatic carbocycles. The van der Waals surface area contributed by atoms with Crippen molar-refractivity contribution in [1.29, 1.82) is 0 Å². The zero-order valence-electron chi connectivity index (χ0n) is 15.7. The van der Waals surface area contributed by atoms with Gasteiger partial charge in [0, 0.05) is 6.54 Å². The number of amides is 4. The lowest BCUT2D eigenvalue weighted by molar-refractivity contribution is -0.134. The van der Waals surface area contributed by atoms with Crippen LogP contribution in [-0.4, -0.2) is 29.3 Å². The minimum Gasteiger partial charge on any atom is -0.350 e. The monoisotopic (exact) mass is 365 g/mol. The molecule has 1 aliphatic heterocycles. The van der Waals surface area contributed by atoms with Crippen molar-refractivity contribution in [3.8, 4) is 0 Å². The molecule has 2 aromatic carbocycles. The van der Waals surface area contributed by atoms with Crippen LogP contribution in [0.25, 0.3) is 0 Å². The van der Waals surface area contributed by atoms with Crippen LogP contribution >= 0.6 is 0 Å². The number of hydrogen-bond donors (Lipinski definition) is 2. The fourth-order valence-electron chi connectivity index (χ4n) is 3.03. The highest BCUT2D eigenvalue weighted by Crippen LogP contribution is 2.28. The van der Waals surface area contributed by atoms with Crippen molar-refractivity contribution in [3.05, 3.63) is 70.8 Å². The number of aryl methyl sites for hydroxylation is 2. The van der Waals surface area contributed by atoms with Crippen LogP contribution in [0.5, 0.6) is 0 Å². The third kappa shape index (κ3) is 3.84. The molecule has 6 heteroatoms. The van der Waals surface area contributed by atoms with Crippen LogP contribution in [0, 0.1) is 13.8 Å². The molecular formula is C21H23N3O3. The molecule has 1 heterocycles. The van der Waals surface area contributed by atoms with Crippen molar-refractivity contribution >= 4 is 17.8 Å². The third-order valence-electron chi connectivity index (χ3n) is 4.82. The Morgan fingerprint density at radius 3 is 2.15 bits per heavy atom. The normalized spacial score (nSPS) is 19.1. The summed E-state index contributed by atoms with van der Waals surface area (Å²) < 4.78 is 0. The molecule has 0 unspecified atom stereocenters. The minimum atomic E-state index is -1.16. The number of imide groups is 1. The molecule has 0 radical (unpaired) electrons. The molecule has 1 saturated heterocycles. The number of urea groups is 1. The summed E-state index contributed by atoms with van der Waals surface area (Å²) >= 11 is 0. The number of carbonyl (C=O) groups is 3. The van der Waals surface area contributed by atoms with E-state index in [9.17, 15) is 14.4 Å². The summed E-state index contributed by atoms with van der Waals surface area (Å²) in [5, 5.41) is 5.46. The van der Waals surface area contributed by atoms with Crippen molar-refractivity contribution in [2.75, 3.05) is 6.54 Å². The average molecular weight is 365 g/mol. The van der Waals surface area contributed by atoms with Gasteiger partial charge in [-0.15, -0.1) is 0 Å². The molecule has 1 atom stereocenters. The molecule has 0 aromatic heterocycles. The predicted molar refractivity (Wildman–Crippen MR) is 102 cm³/mol. The SMILES string of the molecule is Cc1ccc(CNC(=O)CN2C(=O)N[C@@](C)(c3ccc(C)cc3)C2=O)cc1. The number of rotatable bonds is 5. The molecule has 0 bridgehead atoms. The molecule has 3 rings (SSSR count). The number of nitrogens with one attached hydrogen (secondary N) is 2. The van der Waals surface area contributed by atoms with Crippen LogP contribution in [0.1, 0.15) is 29.2 Å². The summed E-state index contributed by atoms with van der Waals surface area (Å²) in [6, 6.07) is 14.6. The maximum absolute atomic E-state index is 12.8. The van der Waals surface area contributed by atoms with E-state index in [-0.39, 0.29) is 12.5 Å². The first-order valence-corrected chi connectivity index (χ1v) is 8.83. The second kappa shape index (κ2) is 7.23. The first kappa shape index (κ1) is 18.6. The maximum atomic E-state index is 12.8. The van der Waals surface area contributed by atoms with Gasteiger partial charge in [0.15, 0.2) is 0 Å². The first-order chi connectivity index (χ1) is 12.8. The molecule has 1 aliphatic rings. The van der Waals surface area contributed by atoms with Gasteiger partial charge in [-0.2, -0.15) is 0 Å². The van der Waals surface area contributed by atoms with E-state index in [4.69, 9.17) is 0 Å². The van der Waals surface area contributed by atoms with Crippen LogP contribution in [0.15, 0.2) is 48.5 Å². The maximum Gasteiger partial charge on any atom is 0.325 e. The van der Waals surface area contributed by atoms with Crippen LogP contribution in [0.2, 0.25) is 0 Å². The van der Waals surface area contributed by atoms with Crippen molar-refractivity contribution in [2.45, 2.75) is 32.9 Å². The number of carbonyl (C=O) groups excluding carboxylic acids is 3. The Kier molecular flexibility index (Phi) is 4.99. The lowest BCUT2D eigenvalue weighted by Crippen LogP contribution is -2.43. The van der Waals surface area contributed by atoms with Crippen LogP contribution in [0.3, 0.4) is 0 Å². The Hall–Kier alpha value is -3.15. The van der Waals surface area contributed by atoms with Crippen molar-refractivity contribution < 1.29 is 14.4 Å². The summed E-state index contributed by atoms with van der Waals surface area (Å²) in [4.78, 5) is 38.3. The Labute approximate surface area is 158 Å². The highest BCUT2D eigenvalue weighted by atomic mass is 16.2. The van der Waals surface area contributed by atoms with Gasteiger partial charge < -0.3 is 10.6 Å². The summed E-state index contributed by atoms with van der Waals surface area (Å²) in [5.74, 6) is -0.811. The molecule has 2 aromatic rings. The van der Waals surface area contributed by atoms with Crippen molar-refractivity contribution in [3.63, 3.8) is 0 Å². The lowest BCUT2D eigenvalue weighted by atomic mass is 9.91. The van der Waals surface area contributed by atoms with E-state index in [1.54, 1.807) is 6.92 Å². The van der Waals surface area contributed by atoms with Gasteiger partial charge in [-0.1, -0.05) is 59.7 Å². The second-order valence-electron chi connectivity index (χ2n) is 7.07. The Bertz CT molecular complexity index is 875. The van der Waals surface area contributed by atoms with E-state index in [0.717, 1.165) is 21.6 Å². The zero-order chi connectivity index (χ0) is 19.6. The van der Waals surface area contributed by atoms with E-state index in [2.05, 4.69) is 10.6 Å². The topological polar surface area (TPSA) is 78.5 Å². The highest BCUT2D eigenvalue weighted by Gasteiger charge is 2.49. The van der Waals surface area contributed by atoms with Gasteiger partial charge in [-0.05, 0) is 31.9 Å². The summed E-state index contributed by atoms with van der Waals surface area (Å²) in [5.41, 5.74) is 2.68. The molecule has 1 fully saturated rings. The van der Waals surface area contributed by atoms with Gasteiger partial charge in [0.2, 0.25) is 5.91 Å². The standard InChI is InChI=1S/C21H23N3O3/c1-14-4-8-16(9-5-14)12-22-18(25)13-24-19(26)21(3,23-20(24)27)17-10-6-15(2)7-11-17/h4-11H,12-13H2,1-3H3,(H,22,25)(H,23,27)/t21-/m0/s1. The van der Waals surface area contributed by atoms with Crippen molar-refractivity contribution in [2.24, 2.45) is 0 Å². The molecule has 27 heavy (non-hydrogen) atoms. The quantitative estimate of drug-likeness (QED) is 0.799. The fourth-order valence-corrected chi connectivity index (χ4v) is 3.03. The van der Waals surface area contributed by atoms with Gasteiger partial charge in [-0.3, -0.25) is 14.5 Å². The van der Waals surface area contributed by atoms with E-state index in [1.807, 2.05) is 62.4 Å². The summed E-state index contributed by atoms with van der Waals surface area (Å²) in [7, 11) is 0. The summed E-state index contributed by atoms with van der Waals surface area (Å²) in [6.07, 6.45) is 0. The molecule has 4 amide bonds. The number of hydrogen-bond acceptors (Lipinski definition) is 3. The van der Waals surface area contributed by atoms with Crippen LogP contribution < -0.4 is 10.6 Å². The molecule has 140 valence electrons. The Morgan fingerprint density at radius 2 is 1.56 bits per heavy atom. The highest BCUT2D eigenvalue weighted by molar-refractivity contribution is 6.09. The minimum absolute atomic E-state index is 0.308. The van der Waals surface area contributed by atoms with Gasteiger partial charge in [0.25, 0.3) is 5.91 Å². The van der Waals surface area contributed by atoms with Gasteiger partial charge >= 0.3 is 6.03 Å². The predicted octanol–water partition coefficient (Wildman–Crippen LogP) is 2.39. The third-order valence-corrected chi connectivity index (χ3v) is 4.82. The molecule has 0 saturated carbocycles. The number of nitrogens with zero attached hydrogens (tertiary/aromatic N) is 1. The van der Waals surface area contributed by atoms with Crippen LogP contribution in [-0.2, 0) is 21.7 Å². The fraction of sp³-hybridized carbons (Fsp3) is 0.286. The van der Waals surface area contributed by atoms with E-state index in [0.29, 0.717) is 12.1 Å². The van der Waals surface area contributed by atoms with Gasteiger partial charge in [-0.25, -0.2) is 4.79 Å². The Balaban J connectivity index is 1.65. The largest absolute Gasteiger partial charge is 0.350 e. The lowest BCUT2D eigenvalue weighted by Gasteiger charge is -2.22. The van der Waals surface area contributed by atoms with Gasteiger partial charge in [0.05, 0.1) is 0 Å². The molecule has 6 nitrogen and oxygen atoms in total. The van der Waals surface area contributed by atoms with Gasteiger partial charge in [0.1, 0.15) is 12.1 Å². The molecule has 2 N–H and O–H groups in total. The van der Waals surface area contributed by atoms with Crippen molar-refractivity contribution in [1.82, 2.24) is 15.5 Å². The Morgan fingerprint density at radius 1 is 1.00 bits per heavy atom. The van der Waals surface area contributed by atoms with E-state index in [1.165, 1.54) is 0 Å². The van der Waals surface area contributed by atoms with E-state index < -0.39 is 17.5 Å². The first-order valence-electron chi connectivity index (χ1n) is 8.83. The molecular weight excluding hydrogens is 342 g/mol. The average Bonchev–Trinajstić information content (AvgIpc) is 2.86. The number of benzene rings is 2. The van der Waals surface area contributed by atoms with Crippen LogP contribution in [0.4, 0.5) is 4.79 Å². The van der Waals surface area contributed by atoms with E-state index >= 15 is 0 Å². The smallest absolute Gasteiger partial charge is 0.325 e. The second-order valence-corrected chi connectivity index (χ2v) is 7.07.